The first-order valence-corrected chi connectivity index (χ1v) is 9.24. The van der Waals surface area contributed by atoms with Crippen LogP contribution in [0, 0.1) is 4.91 Å². The van der Waals surface area contributed by atoms with Gasteiger partial charge in [0.25, 0.3) is 0 Å². The van der Waals surface area contributed by atoms with E-state index in [1.165, 1.54) is 5.56 Å². The minimum absolute atomic E-state index is 0.198. The molecule has 0 saturated carbocycles. The van der Waals surface area contributed by atoms with E-state index in [4.69, 9.17) is 5.10 Å². The van der Waals surface area contributed by atoms with Crippen LogP contribution in [0.4, 0.5) is 0 Å². The van der Waals surface area contributed by atoms with Crippen LogP contribution in [0.5, 0.6) is 0 Å². The predicted molar refractivity (Wildman–Crippen MR) is 106 cm³/mol. The topological polar surface area (TPSA) is 63.4 Å². The molecule has 1 aromatic carbocycles. The lowest BCUT2D eigenvalue weighted by atomic mass is 9.98. The zero-order valence-electron chi connectivity index (χ0n) is 15.7. The molecule has 27 heavy (non-hydrogen) atoms. The highest BCUT2D eigenvalue weighted by Gasteiger charge is 2.24. The Bertz CT molecular complexity index is 948. The van der Waals surface area contributed by atoms with E-state index < -0.39 is 0 Å². The smallest absolute Gasteiger partial charge is 0.117 e. The van der Waals surface area contributed by atoms with Crippen molar-refractivity contribution in [3.05, 3.63) is 65.0 Å². The van der Waals surface area contributed by atoms with E-state index in [2.05, 4.69) is 53.6 Å². The van der Waals surface area contributed by atoms with Crippen LogP contribution in [0.3, 0.4) is 0 Å². The number of aryl methyl sites for hydroxylation is 1. The molecule has 0 N–H and O–H groups in total. The largest absolute Gasteiger partial charge is 0.308 e. The summed E-state index contributed by atoms with van der Waals surface area (Å²) in [7, 11) is 4.12. The lowest BCUT2D eigenvalue weighted by molar-refractivity contribution is 0.373. The number of nitrogens with zero attached hydrogens (tertiary/aromatic N) is 5. The van der Waals surface area contributed by atoms with E-state index in [1.807, 2.05) is 16.8 Å². The maximum atomic E-state index is 11.0. The van der Waals surface area contributed by atoms with E-state index in [0.717, 1.165) is 53.9 Å². The molecule has 6 nitrogen and oxygen atoms in total. The van der Waals surface area contributed by atoms with Crippen molar-refractivity contribution in [2.45, 2.75) is 25.4 Å². The first-order chi connectivity index (χ1) is 13.2. The molecule has 2 heterocycles. The molecule has 0 saturated heterocycles. The molecule has 4 rings (SSSR count). The molecule has 1 aliphatic carbocycles. The quantitative estimate of drug-likeness (QED) is 0.624. The molecule has 0 spiro atoms. The third kappa shape index (κ3) is 3.53. The van der Waals surface area contributed by atoms with Gasteiger partial charge in [-0.15, -0.1) is 0 Å². The van der Waals surface area contributed by atoms with Gasteiger partial charge >= 0.3 is 0 Å². The Morgan fingerprint density at radius 3 is 2.74 bits per heavy atom. The van der Waals surface area contributed by atoms with E-state index in [-0.39, 0.29) is 6.04 Å². The Morgan fingerprint density at radius 2 is 2.00 bits per heavy atom. The molecule has 138 valence electrons. The van der Waals surface area contributed by atoms with Crippen molar-refractivity contribution < 1.29 is 0 Å². The van der Waals surface area contributed by atoms with E-state index in [1.54, 1.807) is 12.4 Å². The van der Waals surface area contributed by atoms with Crippen LogP contribution >= 0.6 is 0 Å². The van der Waals surface area contributed by atoms with Crippen LogP contribution in [0.2, 0.25) is 0 Å². The number of hydrogen-bond donors (Lipinski definition) is 0. The normalized spacial score (nSPS) is 15.9. The third-order valence-electron chi connectivity index (χ3n) is 5.12. The average molecular weight is 361 g/mol. The summed E-state index contributed by atoms with van der Waals surface area (Å²) in [6, 6.07) is 10.1. The fraction of sp³-hybridized carbons (Fsp3) is 0.333. The van der Waals surface area contributed by atoms with Gasteiger partial charge in [0.05, 0.1) is 6.54 Å². The highest BCUT2D eigenvalue weighted by molar-refractivity contribution is 5.80. The molecule has 0 amide bonds. The van der Waals surface area contributed by atoms with Gasteiger partial charge in [0, 0.05) is 36.3 Å². The average Bonchev–Trinajstić information content (AvgIpc) is 3.30. The summed E-state index contributed by atoms with van der Waals surface area (Å²) in [4.78, 5) is 17.3. The minimum Gasteiger partial charge on any atom is -0.308 e. The molecule has 1 unspecified atom stereocenters. The first kappa shape index (κ1) is 17.5. The highest BCUT2D eigenvalue weighted by Crippen LogP contribution is 2.38. The Morgan fingerprint density at radius 1 is 1.19 bits per heavy atom. The van der Waals surface area contributed by atoms with Gasteiger partial charge in [0.2, 0.25) is 0 Å². The zero-order valence-corrected chi connectivity index (χ0v) is 15.7. The molecule has 0 radical (unpaired) electrons. The standard InChI is InChI=1S/C21H23N5O/c1-25(2)11-12-26-14-19(21(23-26)15-7-9-22-10-8-15)17-3-5-18-16(13-17)4-6-20(18)24-27/h3,5,7-10,13-14,20H,4,6,11-12H2,1-2H3. The molecule has 0 bridgehead atoms. The Labute approximate surface area is 158 Å². The minimum atomic E-state index is -0.198. The Hall–Kier alpha value is -2.86. The molecular formula is C21H23N5O. The molecule has 1 atom stereocenters. The lowest BCUT2D eigenvalue weighted by Gasteiger charge is -2.08. The van der Waals surface area contributed by atoms with Crippen molar-refractivity contribution >= 4 is 0 Å². The fourth-order valence-electron chi connectivity index (χ4n) is 3.64. The van der Waals surface area contributed by atoms with Gasteiger partial charge in [0.15, 0.2) is 0 Å². The maximum absolute atomic E-state index is 11.0. The lowest BCUT2D eigenvalue weighted by Crippen LogP contribution is -2.18. The summed E-state index contributed by atoms with van der Waals surface area (Å²) in [5.41, 5.74) is 6.53. The van der Waals surface area contributed by atoms with Crippen LogP contribution in [-0.2, 0) is 13.0 Å². The summed E-state index contributed by atoms with van der Waals surface area (Å²) >= 11 is 0. The van der Waals surface area contributed by atoms with Crippen molar-refractivity contribution in [3.63, 3.8) is 0 Å². The predicted octanol–water partition coefficient (Wildman–Crippen LogP) is 3.93. The van der Waals surface area contributed by atoms with Crippen molar-refractivity contribution in [1.29, 1.82) is 0 Å². The SMILES string of the molecule is CN(C)CCn1cc(-c2ccc3c(c2)CCC3N=O)c(-c2ccncc2)n1. The van der Waals surface area contributed by atoms with Crippen LogP contribution in [-0.4, -0.2) is 40.3 Å². The van der Waals surface area contributed by atoms with Gasteiger partial charge in [-0.2, -0.15) is 10.0 Å². The van der Waals surface area contributed by atoms with Gasteiger partial charge in [-0.1, -0.05) is 23.4 Å². The van der Waals surface area contributed by atoms with Crippen LogP contribution in [0.1, 0.15) is 23.6 Å². The molecule has 3 aromatic rings. The monoisotopic (exact) mass is 361 g/mol. The van der Waals surface area contributed by atoms with Crippen LogP contribution < -0.4 is 0 Å². The van der Waals surface area contributed by atoms with Crippen LogP contribution in [0.25, 0.3) is 22.4 Å². The second-order valence-corrected chi connectivity index (χ2v) is 7.27. The molecule has 0 aliphatic heterocycles. The number of benzene rings is 1. The fourth-order valence-corrected chi connectivity index (χ4v) is 3.64. The number of aromatic nitrogens is 3. The number of nitroso groups, excluding NO2 is 1. The van der Waals surface area contributed by atoms with Crippen molar-refractivity contribution in [3.8, 4) is 22.4 Å². The summed E-state index contributed by atoms with van der Waals surface area (Å²) < 4.78 is 2.01. The second-order valence-electron chi connectivity index (χ2n) is 7.27. The van der Waals surface area contributed by atoms with Crippen molar-refractivity contribution in [1.82, 2.24) is 19.7 Å². The Balaban J connectivity index is 1.76. The number of fused-ring (bicyclic) bond motifs is 1. The van der Waals surface area contributed by atoms with Gasteiger partial charge in [0.1, 0.15) is 11.7 Å². The molecule has 2 aromatic heterocycles. The number of rotatable bonds is 6. The summed E-state index contributed by atoms with van der Waals surface area (Å²) in [6.45, 7) is 1.75. The second kappa shape index (κ2) is 7.40. The number of likely N-dealkylation sites (N-methyl/N-ethyl adjacent to an activating group) is 1. The molecule has 6 heteroatoms. The molecule has 1 aliphatic rings. The summed E-state index contributed by atoms with van der Waals surface area (Å²) in [5, 5.41) is 8.11. The summed E-state index contributed by atoms with van der Waals surface area (Å²) in [5.74, 6) is 0. The highest BCUT2D eigenvalue weighted by atomic mass is 16.3. The number of hydrogen-bond acceptors (Lipinski definition) is 5. The molecule has 0 fully saturated rings. The van der Waals surface area contributed by atoms with Gasteiger partial charge in [-0.25, -0.2) is 0 Å². The van der Waals surface area contributed by atoms with E-state index >= 15 is 0 Å². The van der Waals surface area contributed by atoms with Gasteiger partial charge < -0.3 is 4.90 Å². The van der Waals surface area contributed by atoms with E-state index in [0.29, 0.717) is 0 Å². The number of pyridine rings is 1. The van der Waals surface area contributed by atoms with Crippen molar-refractivity contribution in [2.75, 3.05) is 20.6 Å². The van der Waals surface area contributed by atoms with Gasteiger partial charge in [-0.3, -0.25) is 9.67 Å². The zero-order chi connectivity index (χ0) is 18.8. The van der Waals surface area contributed by atoms with E-state index in [9.17, 15) is 4.91 Å². The third-order valence-corrected chi connectivity index (χ3v) is 5.12. The van der Waals surface area contributed by atoms with Gasteiger partial charge in [-0.05, 0) is 55.8 Å². The first-order valence-electron chi connectivity index (χ1n) is 9.24. The van der Waals surface area contributed by atoms with Crippen molar-refractivity contribution in [2.24, 2.45) is 5.18 Å². The summed E-state index contributed by atoms with van der Waals surface area (Å²) in [6.07, 6.45) is 7.41. The Kier molecular flexibility index (Phi) is 4.81. The van der Waals surface area contributed by atoms with Crippen LogP contribution in [0.15, 0.2) is 54.1 Å². The maximum Gasteiger partial charge on any atom is 0.117 e. The molecular weight excluding hydrogens is 338 g/mol.